The quantitative estimate of drug-likeness (QED) is 0.394. The molecule has 0 aliphatic heterocycles. The third-order valence-electron chi connectivity index (χ3n) is 3.24. The summed E-state index contributed by atoms with van der Waals surface area (Å²) in [6.45, 7) is 12.4. The van der Waals surface area contributed by atoms with E-state index in [1.54, 1.807) is 18.2 Å². The van der Waals surface area contributed by atoms with E-state index >= 15 is 0 Å². The Hall–Kier alpha value is -2.09. The molecule has 112 valence electrons. The molecular weight excluding hydrogens is 258 g/mol. The van der Waals surface area contributed by atoms with E-state index in [-0.39, 0.29) is 11.9 Å². The van der Waals surface area contributed by atoms with Gasteiger partial charge in [-0.1, -0.05) is 69.0 Å². The molecule has 0 aliphatic rings. The zero-order chi connectivity index (χ0) is 15.7. The van der Waals surface area contributed by atoms with E-state index < -0.39 is 0 Å². The van der Waals surface area contributed by atoms with E-state index in [1.807, 2.05) is 41.3 Å². The van der Waals surface area contributed by atoms with Gasteiger partial charge in [0.15, 0.2) is 0 Å². The average molecular weight is 283 g/mol. The van der Waals surface area contributed by atoms with Crippen LogP contribution in [0.5, 0.6) is 0 Å². The zero-order valence-corrected chi connectivity index (χ0v) is 13.0. The van der Waals surface area contributed by atoms with Crippen LogP contribution < -0.4 is 0 Å². The molecule has 0 aliphatic carbocycles. The molecule has 0 bridgehead atoms. The number of hydrogen-bond donors (Lipinski definition) is 0. The normalized spacial score (nSPS) is 12.3. The molecule has 0 fully saturated rings. The maximum Gasteiger partial charge on any atom is 0.247 e. The third-order valence-corrected chi connectivity index (χ3v) is 3.24. The minimum absolute atomic E-state index is 0.00990. The van der Waals surface area contributed by atoms with Crippen LogP contribution >= 0.6 is 0 Å². The van der Waals surface area contributed by atoms with Gasteiger partial charge in [0.25, 0.3) is 0 Å². The fourth-order valence-corrected chi connectivity index (χ4v) is 2.22. The number of amides is 1. The number of nitrogens with zero attached hydrogens (tertiary/aromatic N) is 1. The van der Waals surface area contributed by atoms with Gasteiger partial charge in [-0.3, -0.25) is 4.79 Å². The Morgan fingerprint density at radius 3 is 2.43 bits per heavy atom. The van der Waals surface area contributed by atoms with Crippen molar-refractivity contribution in [2.24, 2.45) is 5.92 Å². The Bertz CT molecular complexity index is 488. The van der Waals surface area contributed by atoms with Crippen molar-refractivity contribution in [3.05, 3.63) is 73.4 Å². The Balaban J connectivity index is 2.97. The van der Waals surface area contributed by atoms with E-state index in [0.717, 1.165) is 12.0 Å². The van der Waals surface area contributed by atoms with E-state index in [2.05, 4.69) is 27.0 Å². The van der Waals surface area contributed by atoms with E-state index in [0.29, 0.717) is 12.5 Å². The summed E-state index contributed by atoms with van der Waals surface area (Å²) in [7, 11) is 0. The number of rotatable bonds is 8. The van der Waals surface area contributed by atoms with Gasteiger partial charge in [-0.25, -0.2) is 0 Å². The molecule has 21 heavy (non-hydrogen) atoms. The summed E-state index contributed by atoms with van der Waals surface area (Å²) in [5, 5.41) is 0. The van der Waals surface area contributed by atoms with E-state index in [9.17, 15) is 4.79 Å². The molecule has 1 aromatic rings. The van der Waals surface area contributed by atoms with Gasteiger partial charge in [-0.15, -0.1) is 6.58 Å². The van der Waals surface area contributed by atoms with Crippen molar-refractivity contribution in [2.75, 3.05) is 0 Å². The molecule has 1 atom stereocenters. The van der Waals surface area contributed by atoms with Crippen LogP contribution in [0.3, 0.4) is 0 Å². The molecule has 1 amide bonds. The molecule has 1 rings (SSSR count). The number of carbonyl (C=O) groups excluding carboxylic acids is 1. The van der Waals surface area contributed by atoms with Crippen molar-refractivity contribution in [1.29, 1.82) is 0 Å². The zero-order valence-electron chi connectivity index (χ0n) is 13.0. The second-order valence-corrected chi connectivity index (χ2v) is 5.48. The van der Waals surface area contributed by atoms with Crippen molar-refractivity contribution in [3.8, 4) is 0 Å². The lowest BCUT2D eigenvalue weighted by Gasteiger charge is -2.30. The number of allylic oxidation sites excluding steroid dienone is 2. The minimum Gasteiger partial charge on any atom is -0.328 e. The maximum atomic E-state index is 12.4. The molecule has 2 nitrogen and oxygen atoms in total. The molecule has 1 unspecified atom stereocenters. The Morgan fingerprint density at radius 2 is 1.90 bits per heavy atom. The third kappa shape index (κ3) is 5.82. The van der Waals surface area contributed by atoms with Gasteiger partial charge in [0.1, 0.15) is 0 Å². The largest absolute Gasteiger partial charge is 0.328 e. The first-order valence-electron chi connectivity index (χ1n) is 7.34. The van der Waals surface area contributed by atoms with Crippen LogP contribution in [-0.2, 0) is 11.3 Å². The molecule has 0 N–H and O–H groups in total. The molecule has 2 heteroatoms. The SMILES string of the molecule is C=CC=CC(=O)N(Cc1ccccc1)C(C=C)CC(C)C. The Labute approximate surface area is 128 Å². The molecule has 0 spiro atoms. The monoisotopic (exact) mass is 283 g/mol. The fraction of sp³-hybridized carbons (Fsp3) is 0.316. The first kappa shape index (κ1) is 17.0. The van der Waals surface area contributed by atoms with Gasteiger partial charge >= 0.3 is 0 Å². The second kappa shape index (κ2) is 8.96. The van der Waals surface area contributed by atoms with E-state index in [1.165, 1.54) is 0 Å². The highest BCUT2D eigenvalue weighted by molar-refractivity contribution is 5.88. The summed E-state index contributed by atoms with van der Waals surface area (Å²) in [4.78, 5) is 14.3. The summed E-state index contributed by atoms with van der Waals surface area (Å²) in [6, 6.07) is 10.1. The first-order chi connectivity index (χ1) is 10.1. The van der Waals surface area contributed by atoms with Gasteiger partial charge in [-0.2, -0.15) is 0 Å². The minimum atomic E-state index is -0.00990. The van der Waals surface area contributed by atoms with Gasteiger partial charge in [0.2, 0.25) is 5.91 Å². The molecule has 1 aromatic carbocycles. The molecule has 0 saturated carbocycles. The standard InChI is InChI=1S/C19H25NO/c1-5-7-13-19(21)20(18(6-2)14-16(3)4)15-17-11-9-8-10-12-17/h5-13,16,18H,1-2,14-15H2,3-4H3. The van der Waals surface area contributed by atoms with Crippen molar-refractivity contribution < 1.29 is 4.79 Å². The Kier molecular flexibility index (Phi) is 7.24. The smallest absolute Gasteiger partial charge is 0.247 e. The van der Waals surface area contributed by atoms with Crippen LogP contribution in [0.4, 0.5) is 0 Å². The molecule has 0 heterocycles. The predicted octanol–water partition coefficient (Wildman–Crippen LogP) is 4.36. The molecular formula is C19H25NO. The summed E-state index contributed by atoms with van der Waals surface area (Å²) >= 11 is 0. The number of hydrogen-bond acceptors (Lipinski definition) is 1. The predicted molar refractivity (Wildman–Crippen MR) is 89.8 cm³/mol. The first-order valence-corrected chi connectivity index (χ1v) is 7.34. The topological polar surface area (TPSA) is 20.3 Å². The molecule has 0 radical (unpaired) electrons. The van der Waals surface area contributed by atoms with Crippen LogP contribution in [0, 0.1) is 5.92 Å². The molecule has 0 aromatic heterocycles. The lowest BCUT2D eigenvalue weighted by molar-refractivity contribution is -0.128. The Morgan fingerprint density at radius 1 is 1.24 bits per heavy atom. The fourth-order valence-electron chi connectivity index (χ4n) is 2.22. The lowest BCUT2D eigenvalue weighted by atomic mass is 10.0. The number of benzene rings is 1. The average Bonchev–Trinajstić information content (AvgIpc) is 2.49. The highest BCUT2D eigenvalue weighted by Crippen LogP contribution is 2.17. The van der Waals surface area contributed by atoms with E-state index in [4.69, 9.17) is 0 Å². The van der Waals surface area contributed by atoms with Gasteiger partial charge in [0, 0.05) is 12.6 Å². The van der Waals surface area contributed by atoms with Crippen molar-refractivity contribution in [2.45, 2.75) is 32.9 Å². The summed E-state index contributed by atoms with van der Waals surface area (Å²) < 4.78 is 0. The maximum absolute atomic E-state index is 12.4. The van der Waals surface area contributed by atoms with Crippen LogP contribution in [0.2, 0.25) is 0 Å². The van der Waals surface area contributed by atoms with Crippen molar-refractivity contribution in [1.82, 2.24) is 4.90 Å². The van der Waals surface area contributed by atoms with Crippen LogP contribution in [0.15, 0.2) is 67.8 Å². The van der Waals surface area contributed by atoms with Crippen molar-refractivity contribution in [3.63, 3.8) is 0 Å². The van der Waals surface area contributed by atoms with Crippen LogP contribution in [0.1, 0.15) is 25.8 Å². The van der Waals surface area contributed by atoms with Gasteiger partial charge in [-0.05, 0) is 17.9 Å². The highest BCUT2D eigenvalue weighted by Gasteiger charge is 2.20. The summed E-state index contributed by atoms with van der Waals surface area (Å²) in [5.74, 6) is 0.492. The number of carbonyl (C=O) groups is 1. The highest BCUT2D eigenvalue weighted by atomic mass is 16.2. The summed E-state index contributed by atoms with van der Waals surface area (Å²) in [6.07, 6.45) is 7.62. The van der Waals surface area contributed by atoms with Gasteiger partial charge < -0.3 is 4.90 Å². The lowest BCUT2D eigenvalue weighted by Crippen LogP contribution is -2.38. The van der Waals surface area contributed by atoms with Crippen LogP contribution in [0.25, 0.3) is 0 Å². The summed E-state index contributed by atoms with van der Waals surface area (Å²) in [5.41, 5.74) is 1.12. The van der Waals surface area contributed by atoms with Crippen molar-refractivity contribution >= 4 is 5.91 Å². The second-order valence-electron chi connectivity index (χ2n) is 5.48. The molecule has 0 saturated heterocycles. The van der Waals surface area contributed by atoms with Crippen LogP contribution in [-0.4, -0.2) is 16.8 Å². The van der Waals surface area contributed by atoms with Gasteiger partial charge in [0.05, 0.1) is 6.04 Å².